The Bertz CT molecular complexity index is 350. The number of hydrogen-bond acceptors (Lipinski definition) is 3. The van der Waals surface area contributed by atoms with Gasteiger partial charge in [-0.25, -0.2) is 0 Å². The Morgan fingerprint density at radius 1 is 1.47 bits per heavy atom. The second-order valence-corrected chi connectivity index (χ2v) is 5.68. The van der Waals surface area contributed by atoms with Crippen LogP contribution in [-0.4, -0.2) is 32.2 Å². The van der Waals surface area contributed by atoms with E-state index >= 15 is 0 Å². The lowest BCUT2D eigenvalue weighted by Crippen LogP contribution is -2.24. The molecule has 1 aliphatic heterocycles. The summed E-state index contributed by atoms with van der Waals surface area (Å²) in [6.45, 7) is 1.03. The highest BCUT2D eigenvalue weighted by molar-refractivity contribution is 7.99. The summed E-state index contributed by atoms with van der Waals surface area (Å²) in [4.78, 5) is 0. The Balaban J connectivity index is 2.24. The predicted octanol–water partition coefficient (Wildman–Crippen LogP) is 2.75. The molecule has 17 heavy (non-hydrogen) atoms. The molecule has 0 saturated carbocycles. The van der Waals surface area contributed by atoms with Crippen molar-refractivity contribution in [3.8, 4) is 5.75 Å². The molecular formula is C14H21NOS. The second-order valence-electron chi connectivity index (χ2n) is 4.53. The number of thioether (sulfide) groups is 1. The number of likely N-dealkylation sites (N-methyl/N-ethyl adjacent to an activating group) is 1. The average molecular weight is 251 g/mol. The Kier molecular flexibility index (Phi) is 4.75. The highest BCUT2D eigenvalue weighted by atomic mass is 32.2. The van der Waals surface area contributed by atoms with Crippen LogP contribution in [0.4, 0.5) is 0 Å². The van der Waals surface area contributed by atoms with Crippen LogP contribution in [0, 0.1) is 5.92 Å². The first-order chi connectivity index (χ1) is 8.36. The summed E-state index contributed by atoms with van der Waals surface area (Å²) in [5, 5.41) is 3.33. The summed E-state index contributed by atoms with van der Waals surface area (Å²) in [6, 6.07) is 8.44. The van der Waals surface area contributed by atoms with Crippen LogP contribution in [0.3, 0.4) is 0 Å². The topological polar surface area (TPSA) is 21.3 Å². The van der Waals surface area contributed by atoms with E-state index in [-0.39, 0.29) is 0 Å². The Morgan fingerprint density at radius 3 is 2.94 bits per heavy atom. The van der Waals surface area contributed by atoms with E-state index in [9.17, 15) is 0 Å². The van der Waals surface area contributed by atoms with E-state index in [0.717, 1.165) is 18.2 Å². The molecule has 2 rings (SSSR count). The zero-order valence-electron chi connectivity index (χ0n) is 10.6. The molecule has 2 unspecified atom stereocenters. The van der Waals surface area contributed by atoms with E-state index in [0.29, 0.717) is 5.92 Å². The van der Waals surface area contributed by atoms with E-state index < -0.39 is 0 Å². The normalized spacial score (nSPS) is 21.4. The minimum absolute atomic E-state index is 0.575. The maximum atomic E-state index is 5.50. The first kappa shape index (κ1) is 12.8. The third-order valence-electron chi connectivity index (χ3n) is 3.50. The predicted molar refractivity (Wildman–Crippen MR) is 75.1 cm³/mol. The summed E-state index contributed by atoms with van der Waals surface area (Å²) >= 11 is 2.08. The molecule has 0 radical (unpaired) electrons. The van der Waals surface area contributed by atoms with Crippen molar-refractivity contribution in [1.29, 1.82) is 0 Å². The molecule has 1 fully saturated rings. The highest BCUT2D eigenvalue weighted by Gasteiger charge is 2.27. The molecule has 2 nitrogen and oxygen atoms in total. The lowest BCUT2D eigenvalue weighted by atomic mass is 9.85. The van der Waals surface area contributed by atoms with E-state index in [2.05, 4.69) is 35.3 Å². The standard InChI is InChI=1S/C14H21NOS/c1-15-9-13(11-7-8-17-10-11)12-5-3-4-6-14(12)16-2/h3-6,11,13,15H,7-10H2,1-2H3. The molecule has 0 spiro atoms. The fourth-order valence-electron chi connectivity index (χ4n) is 2.59. The van der Waals surface area contributed by atoms with Crippen LogP contribution < -0.4 is 10.1 Å². The maximum Gasteiger partial charge on any atom is 0.122 e. The number of hydrogen-bond donors (Lipinski definition) is 1. The third kappa shape index (κ3) is 2.96. The van der Waals surface area contributed by atoms with Crippen molar-refractivity contribution in [3.05, 3.63) is 29.8 Å². The molecule has 1 N–H and O–H groups in total. The number of para-hydroxylation sites is 1. The van der Waals surface area contributed by atoms with Gasteiger partial charge in [0.05, 0.1) is 7.11 Å². The van der Waals surface area contributed by atoms with E-state index in [1.165, 1.54) is 23.5 Å². The lowest BCUT2D eigenvalue weighted by Gasteiger charge is -2.24. The number of rotatable bonds is 5. The number of nitrogens with one attached hydrogen (secondary N) is 1. The van der Waals surface area contributed by atoms with Gasteiger partial charge >= 0.3 is 0 Å². The van der Waals surface area contributed by atoms with Gasteiger partial charge in [-0.3, -0.25) is 0 Å². The van der Waals surface area contributed by atoms with Crippen molar-refractivity contribution in [2.75, 3.05) is 32.2 Å². The van der Waals surface area contributed by atoms with Gasteiger partial charge in [0.25, 0.3) is 0 Å². The van der Waals surface area contributed by atoms with E-state index in [4.69, 9.17) is 4.74 Å². The van der Waals surface area contributed by atoms with Gasteiger partial charge in [-0.1, -0.05) is 18.2 Å². The first-order valence-electron chi connectivity index (χ1n) is 6.22. The molecule has 94 valence electrons. The second kappa shape index (κ2) is 6.31. The molecule has 1 aromatic rings. The van der Waals surface area contributed by atoms with Crippen LogP contribution in [0.5, 0.6) is 5.75 Å². The van der Waals surface area contributed by atoms with E-state index in [1.807, 2.05) is 13.1 Å². The molecule has 3 heteroatoms. The van der Waals surface area contributed by atoms with Gasteiger partial charge < -0.3 is 10.1 Å². The third-order valence-corrected chi connectivity index (χ3v) is 4.68. The van der Waals surface area contributed by atoms with Gasteiger partial charge in [0.1, 0.15) is 5.75 Å². The molecule has 2 atom stereocenters. The molecule has 1 heterocycles. The Hall–Kier alpha value is -0.670. The van der Waals surface area contributed by atoms with Crippen molar-refractivity contribution < 1.29 is 4.74 Å². The summed E-state index contributed by atoms with van der Waals surface area (Å²) in [7, 11) is 3.79. The van der Waals surface area contributed by atoms with Gasteiger partial charge in [-0.15, -0.1) is 0 Å². The monoisotopic (exact) mass is 251 g/mol. The average Bonchev–Trinajstić information content (AvgIpc) is 2.89. The Labute approximate surface area is 108 Å². The highest BCUT2D eigenvalue weighted by Crippen LogP contribution is 2.38. The SMILES string of the molecule is CNCC(c1ccccc1OC)C1CCSC1. The maximum absolute atomic E-state index is 5.50. The molecule has 1 aliphatic rings. The van der Waals surface area contributed by atoms with Gasteiger partial charge in [-0.05, 0) is 42.5 Å². The molecule has 0 bridgehead atoms. The quantitative estimate of drug-likeness (QED) is 0.869. The number of methoxy groups -OCH3 is 1. The van der Waals surface area contributed by atoms with Crippen LogP contribution in [-0.2, 0) is 0 Å². The van der Waals surface area contributed by atoms with Gasteiger partial charge in [0.2, 0.25) is 0 Å². The lowest BCUT2D eigenvalue weighted by molar-refractivity contribution is 0.387. The number of benzene rings is 1. The minimum atomic E-state index is 0.575. The zero-order chi connectivity index (χ0) is 12.1. The van der Waals surface area contributed by atoms with Crippen LogP contribution in [0.25, 0.3) is 0 Å². The Morgan fingerprint density at radius 2 is 2.29 bits per heavy atom. The van der Waals surface area contributed by atoms with Crippen molar-refractivity contribution >= 4 is 11.8 Å². The molecule has 1 saturated heterocycles. The summed E-state index contributed by atoms with van der Waals surface area (Å²) in [5.41, 5.74) is 1.36. The number of ether oxygens (including phenoxy) is 1. The minimum Gasteiger partial charge on any atom is -0.496 e. The summed E-state index contributed by atoms with van der Waals surface area (Å²) in [5.74, 6) is 4.98. The molecule has 0 aromatic heterocycles. The van der Waals surface area contributed by atoms with Crippen molar-refractivity contribution in [1.82, 2.24) is 5.32 Å². The molecule has 1 aromatic carbocycles. The van der Waals surface area contributed by atoms with Crippen LogP contribution in [0.15, 0.2) is 24.3 Å². The van der Waals surface area contributed by atoms with Crippen LogP contribution >= 0.6 is 11.8 Å². The fraction of sp³-hybridized carbons (Fsp3) is 0.571. The van der Waals surface area contributed by atoms with E-state index in [1.54, 1.807) is 7.11 Å². The van der Waals surface area contributed by atoms with Crippen molar-refractivity contribution in [2.24, 2.45) is 5.92 Å². The largest absolute Gasteiger partial charge is 0.496 e. The fourth-order valence-corrected chi connectivity index (χ4v) is 3.93. The van der Waals surface area contributed by atoms with Crippen LogP contribution in [0.1, 0.15) is 17.9 Å². The smallest absolute Gasteiger partial charge is 0.122 e. The molecule has 0 aliphatic carbocycles. The van der Waals surface area contributed by atoms with Crippen molar-refractivity contribution in [2.45, 2.75) is 12.3 Å². The molecule has 0 amide bonds. The van der Waals surface area contributed by atoms with Crippen LogP contribution in [0.2, 0.25) is 0 Å². The van der Waals surface area contributed by atoms with Gasteiger partial charge in [0, 0.05) is 12.5 Å². The zero-order valence-corrected chi connectivity index (χ0v) is 11.4. The van der Waals surface area contributed by atoms with Gasteiger partial charge in [0.15, 0.2) is 0 Å². The summed E-state index contributed by atoms with van der Waals surface area (Å²) < 4.78 is 5.50. The summed E-state index contributed by atoms with van der Waals surface area (Å²) in [6.07, 6.45) is 1.33. The van der Waals surface area contributed by atoms with Crippen molar-refractivity contribution in [3.63, 3.8) is 0 Å². The van der Waals surface area contributed by atoms with Gasteiger partial charge in [-0.2, -0.15) is 11.8 Å². The molecular weight excluding hydrogens is 230 g/mol. The first-order valence-corrected chi connectivity index (χ1v) is 7.37.